The summed E-state index contributed by atoms with van der Waals surface area (Å²) in [6.07, 6.45) is 2.75. The Morgan fingerprint density at radius 1 is 1.19 bits per heavy atom. The maximum atomic E-state index is 12.5. The molecule has 0 aliphatic carbocycles. The number of thioether (sulfide) groups is 1. The first-order valence-corrected chi connectivity index (χ1v) is 7.93. The number of carboxylic acid groups (broad SMARTS) is 1. The Bertz CT molecular complexity index is 618. The number of pyridine rings is 1. The Labute approximate surface area is 126 Å². The molecule has 0 saturated carbocycles. The highest BCUT2D eigenvalue weighted by Crippen LogP contribution is 2.13. The molecular formula is C14H18N2O4S. The summed E-state index contributed by atoms with van der Waals surface area (Å²) in [5.74, 6) is -0.0121. The number of nitrogens with zero attached hydrogens (tertiary/aromatic N) is 2. The topological polar surface area (TPSA) is 79.6 Å². The molecule has 0 atom stereocenters. The second-order valence-electron chi connectivity index (χ2n) is 5.17. The Morgan fingerprint density at radius 2 is 1.76 bits per heavy atom. The van der Waals surface area contributed by atoms with Gasteiger partial charge in [-0.1, -0.05) is 0 Å². The van der Waals surface area contributed by atoms with Crippen LogP contribution < -0.4 is 5.43 Å². The van der Waals surface area contributed by atoms with E-state index in [1.807, 2.05) is 13.8 Å². The monoisotopic (exact) mass is 310 g/mol. The van der Waals surface area contributed by atoms with Crippen molar-refractivity contribution in [2.24, 2.45) is 0 Å². The fourth-order valence-electron chi connectivity index (χ4n) is 2.14. The Kier molecular flexibility index (Phi) is 4.72. The molecule has 6 nitrogen and oxygen atoms in total. The molecule has 114 valence electrons. The molecule has 1 fully saturated rings. The summed E-state index contributed by atoms with van der Waals surface area (Å²) in [5.41, 5.74) is -1.13. The van der Waals surface area contributed by atoms with E-state index in [1.165, 1.54) is 12.4 Å². The highest BCUT2D eigenvalue weighted by atomic mass is 32.2. The second kappa shape index (κ2) is 6.34. The van der Waals surface area contributed by atoms with Gasteiger partial charge in [-0.2, -0.15) is 11.8 Å². The number of aromatic nitrogens is 1. The van der Waals surface area contributed by atoms with Crippen LogP contribution in [0, 0.1) is 0 Å². The van der Waals surface area contributed by atoms with Crippen molar-refractivity contribution in [3.05, 3.63) is 33.7 Å². The molecule has 0 unspecified atom stereocenters. The van der Waals surface area contributed by atoms with Crippen LogP contribution in [0.2, 0.25) is 0 Å². The van der Waals surface area contributed by atoms with E-state index in [-0.39, 0.29) is 23.1 Å². The molecule has 1 aromatic heterocycles. The summed E-state index contributed by atoms with van der Waals surface area (Å²) in [7, 11) is 0. The molecule has 0 radical (unpaired) electrons. The summed E-state index contributed by atoms with van der Waals surface area (Å²) in [4.78, 5) is 37.5. The lowest BCUT2D eigenvalue weighted by atomic mass is 10.1. The minimum atomic E-state index is -1.31. The predicted molar refractivity (Wildman–Crippen MR) is 81.3 cm³/mol. The van der Waals surface area contributed by atoms with Crippen LogP contribution in [0.1, 0.15) is 40.6 Å². The van der Waals surface area contributed by atoms with Crippen LogP contribution in [0.15, 0.2) is 17.2 Å². The molecule has 0 spiro atoms. The summed E-state index contributed by atoms with van der Waals surface area (Å²) >= 11 is 1.76. The van der Waals surface area contributed by atoms with Gasteiger partial charge in [0.25, 0.3) is 5.91 Å². The third-order valence-electron chi connectivity index (χ3n) is 3.40. The van der Waals surface area contributed by atoms with Crippen molar-refractivity contribution in [2.75, 3.05) is 24.6 Å². The molecule has 7 heteroatoms. The van der Waals surface area contributed by atoms with Crippen LogP contribution in [0.3, 0.4) is 0 Å². The van der Waals surface area contributed by atoms with E-state index < -0.39 is 11.4 Å². The normalized spacial score (nSPS) is 15.3. The van der Waals surface area contributed by atoms with Gasteiger partial charge < -0.3 is 14.6 Å². The third kappa shape index (κ3) is 3.29. The van der Waals surface area contributed by atoms with Crippen molar-refractivity contribution in [3.63, 3.8) is 0 Å². The first kappa shape index (κ1) is 15.6. The third-order valence-corrected chi connectivity index (χ3v) is 4.34. The number of amides is 1. The molecule has 1 aromatic rings. The van der Waals surface area contributed by atoms with Gasteiger partial charge in [0.05, 0.1) is 0 Å². The number of hydrogen-bond donors (Lipinski definition) is 1. The molecule has 0 aromatic carbocycles. The summed E-state index contributed by atoms with van der Waals surface area (Å²) in [5, 5.41) is 9.15. The van der Waals surface area contributed by atoms with Crippen LogP contribution in [0.5, 0.6) is 0 Å². The van der Waals surface area contributed by atoms with E-state index >= 15 is 0 Å². The lowest BCUT2D eigenvalue weighted by Crippen LogP contribution is -2.41. The van der Waals surface area contributed by atoms with Crippen LogP contribution in [0.4, 0.5) is 0 Å². The van der Waals surface area contributed by atoms with Gasteiger partial charge in [0.15, 0.2) is 0 Å². The smallest absolute Gasteiger partial charge is 0.341 e. The Balaban J connectivity index is 2.48. The van der Waals surface area contributed by atoms with Crippen LogP contribution in [-0.4, -0.2) is 51.0 Å². The molecular weight excluding hydrogens is 292 g/mol. The molecule has 1 amide bonds. The van der Waals surface area contributed by atoms with Crippen molar-refractivity contribution >= 4 is 23.6 Å². The van der Waals surface area contributed by atoms with E-state index in [9.17, 15) is 14.4 Å². The number of carbonyl (C=O) groups is 2. The fourth-order valence-corrected chi connectivity index (χ4v) is 3.04. The van der Waals surface area contributed by atoms with E-state index in [0.29, 0.717) is 13.1 Å². The lowest BCUT2D eigenvalue weighted by molar-refractivity contribution is 0.0694. The first-order valence-electron chi connectivity index (χ1n) is 6.78. The standard InChI is InChI=1S/C14H18N2O4S/c1-9(2)16-7-10(12(17)11(8-16)14(19)20)13(18)15-3-5-21-6-4-15/h7-9H,3-6H2,1-2H3,(H,19,20). The zero-order chi connectivity index (χ0) is 15.6. The number of carbonyl (C=O) groups excluding carboxylic acids is 1. The average molecular weight is 310 g/mol. The summed E-state index contributed by atoms with van der Waals surface area (Å²) in [6.45, 7) is 4.90. The van der Waals surface area contributed by atoms with Crippen LogP contribution in [0.25, 0.3) is 0 Å². The fraction of sp³-hybridized carbons (Fsp3) is 0.500. The molecule has 1 aliphatic rings. The SMILES string of the molecule is CC(C)n1cc(C(=O)O)c(=O)c(C(=O)N2CCSCC2)c1. The first-order chi connectivity index (χ1) is 9.91. The Hall–Kier alpha value is -1.76. The van der Waals surface area contributed by atoms with Gasteiger partial charge in [0, 0.05) is 43.0 Å². The number of aromatic carboxylic acids is 1. The number of hydrogen-bond acceptors (Lipinski definition) is 4. The van der Waals surface area contributed by atoms with Gasteiger partial charge in [-0.15, -0.1) is 0 Å². The minimum absolute atomic E-state index is 0.0350. The molecule has 1 aliphatic heterocycles. The largest absolute Gasteiger partial charge is 0.477 e. The van der Waals surface area contributed by atoms with E-state index in [0.717, 1.165) is 11.5 Å². The van der Waals surface area contributed by atoms with Gasteiger partial charge in [-0.05, 0) is 13.8 Å². The van der Waals surface area contributed by atoms with E-state index in [4.69, 9.17) is 5.11 Å². The van der Waals surface area contributed by atoms with Gasteiger partial charge >= 0.3 is 5.97 Å². The second-order valence-corrected chi connectivity index (χ2v) is 6.39. The maximum Gasteiger partial charge on any atom is 0.341 e. The molecule has 1 N–H and O–H groups in total. The minimum Gasteiger partial charge on any atom is -0.477 e. The van der Waals surface area contributed by atoms with Crippen molar-refractivity contribution in [1.82, 2.24) is 9.47 Å². The van der Waals surface area contributed by atoms with Crippen LogP contribution >= 0.6 is 11.8 Å². The van der Waals surface area contributed by atoms with Crippen LogP contribution in [-0.2, 0) is 0 Å². The maximum absolute atomic E-state index is 12.5. The zero-order valence-corrected chi connectivity index (χ0v) is 12.9. The average Bonchev–Trinajstić information content (AvgIpc) is 2.47. The summed E-state index contributed by atoms with van der Waals surface area (Å²) < 4.78 is 1.59. The van der Waals surface area contributed by atoms with E-state index in [1.54, 1.807) is 21.2 Å². The van der Waals surface area contributed by atoms with Crippen molar-refractivity contribution < 1.29 is 14.7 Å². The van der Waals surface area contributed by atoms with Gasteiger partial charge in [-0.25, -0.2) is 4.79 Å². The quantitative estimate of drug-likeness (QED) is 0.910. The Morgan fingerprint density at radius 3 is 2.29 bits per heavy atom. The van der Waals surface area contributed by atoms with Crippen molar-refractivity contribution in [1.29, 1.82) is 0 Å². The molecule has 0 bridgehead atoms. The molecule has 1 saturated heterocycles. The highest BCUT2D eigenvalue weighted by molar-refractivity contribution is 7.99. The van der Waals surface area contributed by atoms with Gasteiger partial charge in [-0.3, -0.25) is 9.59 Å². The lowest BCUT2D eigenvalue weighted by Gasteiger charge is -2.26. The van der Waals surface area contributed by atoms with Crippen molar-refractivity contribution in [2.45, 2.75) is 19.9 Å². The van der Waals surface area contributed by atoms with Gasteiger partial charge in [0.1, 0.15) is 11.1 Å². The van der Waals surface area contributed by atoms with Crippen molar-refractivity contribution in [3.8, 4) is 0 Å². The summed E-state index contributed by atoms with van der Waals surface area (Å²) in [6, 6.07) is -0.0350. The molecule has 2 heterocycles. The number of carboxylic acids is 1. The number of rotatable bonds is 3. The highest BCUT2D eigenvalue weighted by Gasteiger charge is 2.24. The van der Waals surface area contributed by atoms with E-state index in [2.05, 4.69) is 0 Å². The zero-order valence-electron chi connectivity index (χ0n) is 12.0. The predicted octanol–water partition coefficient (Wildman–Crippen LogP) is 1.32. The molecule has 21 heavy (non-hydrogen) atoms. The van der Waals surface area contributed by atoms with Gasteiger partial charge in [0.2, 0.25) is 5.43 Å². The molecule has 2 rings (SSSR count).